The van der Waals surface area contributed by atoms with Crippen molar-refractivity contribution in [3.8, 4) is 0 Å². The lowest BCUT2D eigenvalue weighted by Crippen LogP contribution is -2.35. The van der Waals surface area contributed by atoms with Gasteiger partial charge in [-0.2, -0.15) is 11.8 Å². The lowest BCUT2D eigenvalue weighted by atomic mass is 9.98. The number of carbonyl (C=O) groups excluding carboxylic acids is 1. The molecule has 0 saturated carbocycles. The number of carboxylic acid groups (broad SMARTS) is 1. The van der Waals surface area contributed by atoms with E-state index < -0.39 is 5.97 Å². The van der Waals surface area contributed by atoms with Gasteiger partial charge in [0, 0.05) is 12.3 Å². The minimum atomic E-state index is -0.834. The van der Waals surface area contributed by atoms with E-state index in [9.17, 15) is 9.59 Å². The van der Waals surface area contributed by atoms with Gasteiger partial charge in [0.1, 0.15) is 0 Å². The molecule has 0 radical (unpaired) electrons. The highest BCUT2D eigenvalue weighted by Gasteiger charge is 2.24. The van der Waals surface area contributed by atoms with Crippen LogP contribution in [0.2, 0.25) is 0 Å². The fourth-order valence-corrected chi connectivity index (χ4v) is 3.63. The zero-order valence-electron chi connectivity index (χ0n) is 12.0. The van der Waals surface area contributed by atoms with Crippen molar-refractivity contribution in [1.82, 2.24) is 5.32 Å². The van der Waals surface area contributed by atoms with Crippen molar-refractivity contribution in [1.29, 1.82) is 0 Å². The summed E-state index contributed by atoms with van der Waals surface area (Å²) in [5, 5.41) is 11.9. The maximum Gasteiger partial charge on any atom is 0.303 e. The lowest BCUT2D eigenvalue weighted by molar-refractivity contribution is -0.137. The third-order valence-corrected chi connectivity index (χ3v) is 4.81. The van der Waals surface area contributed by atoms with Gasteiger partial charge in [0.2, 0.25) is 5.91 Å². The van der Waals surface area contributed by atoms with Gasteiger partial charge >= 0.3 is 5.97 Å². The zero-order valence-corrected chi connectivity index (χ0v) is 12.8. The Morgan fingerprint density at radius 1 is 1.24 bits per heavy atom. The Kier molecular flexibility index (Phi) is 6.11. The summed E-state index contributed by atoms with van der Waals surface area (Å²) >= 11 is 1.89. The average Bonchev–Trinajstić information content (AvgIpc) is 2.52. The van der Waals surface area contributed by atoms with Crippen molar-refractivity contribution in [3.63, 3.8) is 0 Å². The highest BCUT2D eigenvalue weighted by Crippen LogP contribution is 2.25. The number of benzene rings is 1. The summed E-state index contributed by atoms with van der Waals surface area (Å²) in [6.07, 6.45) is 2.31. The van der Waals surface area contributed by atoms with Gasteiger partial charge < -0.3 is 10.4 Å². The molecule has 0 aromatic heterocycles. The van der Waals surface area contributed by atoms with Crippen LogP contribution in [-0.4, -0.2) is 28.5 Å². The van der Waals surface area contributed by atoms with E-state index in [0.29, 0.717) is 6.42 Å². The summed E-state index contributed by atoms with van der Waals surface area (Å²) in [6.45, 7) is 0. The fraction of sp³-hybridized carbons (Fsp3) is 0.500. The van der Waals surface area contributed by atoms with Crippen molar-refractivity contribution in [3.05, 3.63) is 35.9 Å². The van der Waals surface area contributed by atoms with E-state index in [0.717, 1.165) is 29.9 Å². The van der Waals surface area contributed by atoms with Crippen LogP contribution in [0.4, 0.5) is 0 Å². The van der Waals surface area contributed by atoms with Crippen LogP contribution in [0.15, 0.2) is 30.3 Å². The van der Waals surface area contributed by atoms with E-state index in [4.69, 9.17) is 5.11 Å². The predicted molar refractivity (Wildman–Crippen MR) is 84.2 cm³/mol. The number of rotatable bonds is 6. The normalized spacial score (nSPS) is 17.1. The van der Waals surface area contributed by atoms with Gasteiger partial charge in [0.15, 0.2) is 0 Å². The molecule has 114 valence electrons. The smallest absolute Gasteiger partial charge is 0.303 e. The number of hydrogen-bond donors (Lipinski definition) is 2. The molecule has 1 aromatic carbocycles. The Bertz CT molecular complexity index is 472. The highest BCUT2D eigenvalue weighted by molar-refractivity contribution is 7.99. The molecule has 1 unspecified atom stereocenters. The van der Waals surface area contributed by atoms with E-state index in [1.807, 2.05) is 42.1 Å². The summed E-state index contributed by atoms with van der Waals surface area (Å²) in [5.41, 5.74) is 0.970. The molecular formula is C16H21NO3S. The molecule has 2 N–H and O–H groups in total. The second-order valence-corrected chi connectivity index (χ2v) is 6.52. The summed E-state index contributed by atoms with van der Waals surface area (Å²) in [7, 11) is 0. The van der Waals surface area contributed by atoms with E-state index in [1.165, 1.54) is 0 Å². The first kappa shape index (κ1) is 15.9. The molecule has 2 rings (SSSR count). The van der Waals surface area contributed by atoms with Crippen LogP contribution >= 0.6 is 11.8 Å². The molecule has 0 spiro atoms. The van der Waals surface area contributed by atoms with Crippen LogP contribution in [-0.2, 0) is 9.59 Å². The van der Waals surface area contributed by atoms with E-state index in [-0.39, 0.29) is 24.3 Å². The number of amides is 1. The molecule has 1 saturated heterocycles. The Morgan fingerprint density at radius 3 is 2.52 bits per heavy atom. The Hall–Kier alpha value is -1.49. The largest absolute Gasteiger partial charge is 0.481 e. The van der Waals surface area contributed by atoms with Crippen LogP contribution < -0.4 is 5.32 Å². The fourth-order valence-electron chi connectivity index (χ4n) is 2.52. The molecule has 1 amide bonds. The van der Waals surface area contributed by atoms with Gasteiger partial charge in [-0.05, 0) is 36.3 Å². The molecule has 1 aliphatic rings. The topological polar surface area (TPSA) is 66.4 Å². The zero-order chi connectivity index (χ0) is 15.1. The van der Waals surface area contributed by atoms with Gasteiger partial charge in [0.05, 0.1) is 6.04 Å². The van der Waals surface area contributed by atoms with Crippen molar-refractivity contribution >= 4 is 23.6 Å². The van der Waals surface area contributed by atoms with Crippen molar-refractivity contribution in [2.24, 2.45) is 5.92 Å². The number of carbonyl (C=O) groups is 2. The quantitative estimate of drug-likeness (QED) is 0.848. The lowest BCUT2D eigenvalue weighted by Gasteiger charge is -2.25. The highest BCUT2D eigenvalue weighted by atomic mass is 32.2. The third-order valence-electron chi connectivity index (χ3n) is 3.76. The van der Waals surface area contributed by atoms with E-state index in [1.54, 1.807) is 0 Å². The summed E-state index contributed by atoms with van der Waals surface area (Å²) in [4.78, 5) is 23.2. The SMILES string of the molecule is O=C(O)CCC(NC(=O)C1CCSCC1)c1ccccc1. The van der Waals surface area contributed by atoms with Gasteiger partial charge in [-0.15, -0.1) is 0 Å². The molecule has 21 heavy (non-hydrogen) atoms. The van der Waals surface area contributed by atoms with Gasteiger partial charge in [-0.3, -0.25) is 9.59 Å². The summed E-state index contributed by atoms with van der Waals surface area (Å²) in [5.74, 6) is 1.36. The molecule has 0 bridgehead atoms. The minimum Gasteiger partial charge on any atom is -0.481 e. The number of hydrogen-bond acceptors (Lipinski definition) is 3. The van der Waals surface area contributed by atoms with Crippen LogP contribution in [0.25, 0.3) is 0 Å². The Morgan fingerprint density at radius 2 is 1.90 bits per heavy atom. The average molecular weight is 307 g/mol. The van der Waals surface area contributed by atoms with E-state index in [2.05, 4.69) is 5.32 Å². The second kappa shape index (κ2) is 8.08. The number of aliphatic carboxylic acids is 1. The standard InChI is InChI=1S/C16H21NO3S/c18-15(19)7-6-14(12-4-2-1-3-5-12)17-16(20)13-8-10-21-11-9-13/h1-5,13-14H,6-11H2,(H,17,20)(H,18,19). The third kappa shape index (κ3) is 5.08. The van der Waals surface area contributed by atoms with Gasteiger partial charge in [-0.25, -0.2) is 0 Å². The maximum atomic E-state index is 12.4. The van der Waals surface area contributed by atoms with Gasteiger partial charge in [0.25, 0.3) is 0 Å². The van der Waals surface area contributed by atoms with Crippen LogP contribution in [0, 0.1) is 5.92 Å². The van der Waals surface area contributed by atoms with Gasteiger partial charge in [-0.1, -0.05) is 30.3 Å². The van der Waals surface area contributed by atoms with Crippen LogP contribution in [0.3, 0.4) is 0 Å². The first-order valence-corrected chi connectivity index (χ1v) is 8.47. The van der Waals surface area contributed by atoms with Crippen LogP contribution in [0.5, 0.6) is 0 Å². The first-order chi connectivity index (χ1) is 10.2. The molecule has 1 heterocycles. The Balaban J connectivity index is 2.00. The number of nitrogens with one attached hydrogen (secondary N) is 1. The first-order valence-electron chi connectivity index (χ1n) is 7.31. The second-order valence-electron chi connectivity index (χ2n) is 5.29. The van der Waals surface area contributed by atoms with E-state index >= 15 is 0 Å². The molecule has 1 aromatic rings. The van der Waals surface area contributed by atoms with Crippen LogP contribution in [0.1, 0.15) is 37.3 Å². The number of carboxylic acids is 1. The maximum absolute atomic E-state index is 12.4. The molecule has 1 aliphatic heterocycles. The molecule has 1 atom stereocenters. The van der Waals surface area contributed by atoms with Crippen molar-refractivity contribution in [2.45, 2.75) is 31.7 Å². The molecule has 5 heteroatoms. The number of thioether (sulfide) groups is 1. The molecule has 1 fully saturated rings. The summed E-state index contributed by atoms with van der Waals surface area (Å²) < 4.78 is 0. The molecule has 4 nitrogen and oxygen atoms in total. The van der Waals surface area contributed by atoms with Crippen molar-refractivity contribution in [2.75, 3.05) is 11.5 Å². The minimum absolute atomic E-state index is 0.0559. The molecular weight excluding hydrogens is 286 g/mol. The predicted octanol–water partition coefficient (Wildman–Crippen LogP) is 2.85. The van der Waals surface area contributed by atoms with Crippen molar-refractivity contribution < 1.29 is 14.7 Å². The summed E-state index contributed by atoms with van der Waals surface area (Å²) in [6, 6.07) is 9.38. The Labute approximate surface area is 129 Å². The molecule has 0 aliphatic carbocycles. The monoisotopic (exact) mass is 307 g/mol.